The number of hydrogen-bond donors (Lipinski definition) is 3. The van der Waals surface area contributed by atoms with Crippen LogP contribution in [0.25, 0.3) is 0 Å². The number of rotatable bonds is 2. The monoisotopic (exact) mass is 317 g/mol. The fraction of sp³-hybridized carbons (Fsp3) is 0.857. The highest BCUT2D eigenvalue weighted by atomic mass is 16.6. The van der Waals surface area contributed by atoms with Crippen LogP contribution in [0.3, 0.4) is 0 Å². The van der Waals surface area contributed by atoms with Crippen molar-refractivity contribution >= 4 is 11.9 Å². The summed E-state index contributed by atoms with van der Waals surface area (Å²) < 4.78 is 10.4. The number of aliphatic hydroxyl groups is 3. The summed E-state index contributed by atoms with van der Waals surface area (Å²) >= 11 is 0. The summed E-state index contributed by atoms with van der Waals surface area (Å²) in [6.07, 6.45) is -0.855. The first-order chi connectivity index (χ1) is 9.91. The van der Waals surface area contributed by atoms with Gasteiger partial charge in [0.2, 0.25) is 0 Å². The Balaban J connectivity index is 2.70. The van der Waals surface area contributed by atoms with E-state index in [1.54, 1.807) is 20.8 Å². The predicted molar refractivity (Wildman–Crippen MR) is 73.4 cm³/mol. The van der Waals surface area contributed by atoms with Crippen LogP contribution in [0, 0.1) is 5.41 Å². The second kappa shape index (κ2) is 4.64. The number of carbonyl (C=O) groups is 2. The molecule has 0 aliphatic carbocycles. The van der Waals surface area contributed by atoms with Gasteiger partial charge < -0.3 is 24.8 Å². The standard InChI is InChI=1S/C14H23NO7/c1-11(2,3)9-15-8(17)14(20,6-16)12(4,19)13(15,7-22-9)10(18)21-5/h9,16,19-20H,6-7H2,1-5H3/t9-,12-,13+,14+/m1/s1. The molecule has 8 nitrogen and oxygen atoms in total. The fourth-order valence-corrected chi connectivity index (χ4v) is 3.33. The predicted octanol–water partition coefficient (Wildman–Crippen LogP) is -1.38. The van der Waals surface area contributed by atoms with Crippen LogP contribution in [0.1, 0.15) is 27.7 Å². The van der Waals surface area contributed by atoms with Gasteiger partial charge in [0.25, 0.3) is 5.91 Å². The average molecular weight is 317 g/mol. The molecule has 8 heteroatoms. The third-order valence-corrected chi connectivity index (χ3v) is 4.77. The van der Waals surface area contributed by atoms with Crippen molar-refractivity contribution in [3.63, 3.8) is 0 Å². The van der Waals surface area contributed by atoms with Gasteiger partial charge >= 0.3 is 5.97 Å². The molecule has 126 valence electrons. The molecule has 0 aromatic carbocycles. The summed E-state index contributed by atoms with van der Waals surface area (Å²) in [7, 11) is 1.12. The molecule has 0 saturated carbocycles. The first-order valence-corrected chi connectivity index (χ1v) is 7.01. The summed E-state index contributed by atoms with van der Waals surface area (Å²) in [5.74, 6) is -1.86. The molecule has 2 aliphatic rings. The lowest BCUT2D eigenvalue weighted by atomic mass is 9.74. The number of amides is 1. The maximum atomic E-state index is 12.7. The minimum absolute atomic E-state index is 0.331. The van der Waals surface area contributed by atoms with Gasteiger partial charge in [-0.15, -0.1) is 0 Å². The minimum Gasteiger partial charge on any atom is -0.467 e. The second-order valence-corrected chi connectivity index (χ2v) is 7.15. The number of nitrogens with zero attached hydrogens (tertiary/aromatic N) is 1. The number of ether oxygens (including phenoxy) is 2. The summed E-state index contributed by atoms with van der Waals surface area (Å²) in [5.41, 5.74) is -7.27. The molecule has 4 atom stereocenters. The van der Waals surface area contributed by atoms with E-state index in [0.29, 0.717) is 0 Å². The van der Waals surface area contributed by atoms with Crippen molar-refractivity contribution in [1.82, 2.24) is 4.90 Å². The van der Waals surface area contributed by atoms with Crippen LogP contribution in [-0.2, 0) is 19.1 Å². The lowest BCUT2D eigenvalue weighted by Gasteiger charge is -2.40. The van der Waals surface area contributed by atoms with Crippen LogP contribution in [0.4, 0.5) is 0 Å². The third kappa shape index (κ3) is 1.66. The van der Waals surface area contributed by atoms with Crippen molar-refractivity contribution in [2.24, 2.45) is 5.41 Å². The van der Waals surface area contributed by atoms with Crippen molar-refractivity contribution < 1.29 is 34.4 Å². The number of esters is 1. The Kier molecular flexibility index (Phi) is 3.61. The Morgan fingerprint density at radius 1 is 1.45 bits per heavy atom. The number of fused-ring (bicyclic) bond motifs is 1. The molecule has 2 aliphatic heterocycles. The molecule has 0 aromatic rings. The molecule has 0 radical (unpaired) electrons. The maximum absolute atomic E-state index is 12.7. The highest BCUT2D eigenvalue weighted by Crippen LogP contribution is 2.53. The maximum Gasteiger partial charge on any atom is 0.337 e. The Hall–Kier alpha value is -1.22. The first kappa shape index (κ1) is 17.1. The molecule has 3 N–H and O–H groups in total. The van der Waals surface area contributed by atoms with Crippen LogP contribution in [0.15, 0.2) is 0 Å². The van der Waals surface area contributed by atoms with E-state index >= 15 is 0 Å². The average Bonchev–Trinajstić information content (AvgIpc) is 2.90. The molecule has 2 heterocycles. The van der Waals surface area contributed by atoms with E-state index in [1.165, 1.54) is 0 Å². The van der Waals surface area contributed by atoms with Gasteiger partial charge in [-0.25, -0.2) is 4.79 Å². The Bertz CT molecular complexity index is 512. The molecule has 2 rings (SSSR count). The van der Waals surface area contributed by atoms with Crippen molar-refractivity contribution in [3.8, 4) is 0 Å². The molecule has 0 aromatic heterocycles. The van der Waals surface area contributed by atoms with E-state index in [-0.39, 0.29) is 6.61 Å². The zero-order valence-electron chi connectivity index (χ0n) is 13.4. The lowest BCUT2D eigenvalue weighted by Crippen LogP contribution is -2.68. The third-order valence-electron chi connectivity index (χ3n) is 4.77. The van der Waals surface area contributed by atoms with Crippen molar-refractivity contribution in [2.75, 3.05) is 20.3 Å². The number of carbonyl (C=O) groups excluding carboxylic acids is 2. The van der Waals surface area contributed by atoms with Crippen LogP contribution in [0.2, 0.25) is 0 Å². The number of hydrogen-bond acceptors (Lipinski definition) is 7. The van der Waals surface area contributed by atoms with Crippen molar-refractivity contribution in [1.29, 1.82) is 0 Å². The highest BCUT2D eigenvalue weighted by Gasteiger charge is 2.81. The second-order valence-electron chi connectivity index (χ2n) is 7.15. The zero-order chi connectivity index (χ0) is 17.1. The van der Waals surface area contributed by atoms with Gasteiger partial charge in [-0.05, 0) is 6.92 Å². The largest absolute Gasteiger partial charge is 0.467 e. The SMILES string of the molecule is COC(=O)[C@]12CO[C@H](C(C)(C)C)N1C(=O)[C@@](O)(CO)[C@]2(C)O. The van der Waals surface area contributed by atoms with Crippen LogP contribution in [0.5, 0.6) is 0 Å². The van der Waals surface area contributed by atoms with E-state index in [1.807, 2.05) is 0 Å². The van der Waals surface area contributed by atoms with Gasteiger partial charge in [-0.1, -0.05) is 20.8 Å². The van der Waals surface area contributed by atoms with E-state index in [9.17, 15) is 24.9 Å². The zero-order valence-corrected chi connectivity index (χ0v) is 13.4. The number of aliphatic hydroxyl groups excluding tert-OH is 1. The highest BCUT2D eigenvalue weighted by molar-refractivity contribution is 6.00. The van der Waals surface area contributed by atoms with Gasteiger partial charge in [0.15, 0.2) is 11.1 Å². The molecule has 0 bridgehead atoms. The van der Waals surface area contributed by atoms with E-state index < -0.39 is 46.9 Å². The smallest absolute Gasteiger partial charge is 0.337 e. The van der Waals surface area contributed by atoms with E-state index in [4.69, 9.17) is 9.47 Å². The Morgan fingerprint density at radius 2 is 2.00 bits per heavy atom. The van der Waals surface area contributed by atoms with Crippen LogP contribution < -0.4 is 0 Å². The topological polar surface area (TPSA) is 117 Å². The summed E-state index contributed by atoms with van der Waals surface area (Å²) in [4.78, 5) is 26.1. The van der Waals surface area contributed by atoms with Crippen LogP contribution >= 0.6 is 0 Å². The lowest BCUT2D eigenvalue weighted by molar-refractivity contribution is -0.189. The molecule has 1 amide bonds. The van der Waals surface area contributed by atoms with Gasteiger partial charge in [0.05, 0.1) is 20.3 Å². The molecule has 2 fully saturated rings. The summed E-state index contributed by atoms with van der Waals surface area (Å²) in [5, 5.41) is 30.9. The molecular formula is C14H23NO7. The van der Waals surface area contributed by atoms with Gasteiger partial charge in [-0.2, -0.15) is 0 Å². The summed E-state index contributed by atoms with van der Waals surface area (Å²) in [6.45, 7) is 5.16. The normalized spacial score (nSPS) is 41.7. The Morgan fingerprint density at radius 3 is 2.41 bits per heavy atom. The van der Waals surface area contributed by atoms with Crippen molar-refractivity contribution in [2.45, 2.75) is 50.7 Å². The van der Waals surface area contributed by atoms with Crippen molar-refractivity contribution in [3.05, 3.63) is 0 Å². The van der Waals surface area contributed by atoms with E-state index in [0.717, 1.165) is 18.9 Å². The first-order valence-electron chi connectivity index (χ1n) is 7.01. The Labute approximate surface area is 128 Å². The van der Waals surface area contributed by atoms with Gasteiger partial charge in [0.1, 0.15) is 11.8 Å². The molecule has 0 unspecified atom stereocenters. The number of methoxy groups -OCH3 is 1. The minimum atomic E-state index is -2.51. The molecular weight excluding hydrogens is 294 g/mol. The molecule has 2 saturated heterocycles. The quantitative estimate of drug-likeness (QED) is 0.537. The van der Waals surface area contributed by atoms with E-state index in [2.05, 4.69) is 0 Å². The fourth-order valence-electron chi connectivity index (χ4n) is 3.33. The van der Waals surface area contributed by atoms with Crippen LogP contribution in [-0.4, -0.2) is 75.4 Å². The molecule has 0 spiro atoms. The summed E-state index contributed by atoms with van der Waals surface area (Å²) in [6, 6.07) is 0. The van der Waals surface area contributed by atoms with Gasteiger partial charge in [-0.3, -0.25) is 9.69 Å². The van der Waals surface area contributed by atoms with Gasteiger partial charge in [0, 0.05) is 5.41 Å². The molecule has 22 heavy (non-hydrogen) atoms.